The Labute approximate surface area is 150 Å². The van der Waals surface area contributed by atoms with Crippen molar-refractivity contribution < 1.29 is 0 Å². The molecule has 0 amide bonds. The van der Waals surface area contributed by atoms with Crippen LogP contribution in [0.25, 0.3) is 10.8 Å². The van der Waals surface area contributed by atoms with Gasteiger partial charge in [0.2, 0.25) is 0 Å². The molecule has 2 aliphatic rings. The van der Waals surface area contributed by atoms with E-state index in [4.69, 9.17) is 4.99 Å². The average Bonchev–Trinajstić information content (AvgIpc) is 3.28. The highest BCUT2D eigenvalue weighted by molar-refractivity contribution is 6.46. The van der Waals surface area contributed by atoms with Crippen LogP contribution in [0.3, 0.4) is 0 Å². The van der Waals surface area contributed by atoms with E-state index in [1.165, 1.54) is 0 Å². The predicted octanol–water partition coefficient (Wildman–Crippen LogP) is 2.72. The van der Waals surface area contributed by atoms with E-state index in [1.54, 1.807) is 6.20 Å². The highest BCUT2D eigenvalue weighted by atomic mass is 15.3. The van der Waals surface area contributed by atoms with E-state index in [9.17, 15) is 0 Å². The second-order valence-electron chi connectivity index (χ2n) is 6.34. The Hall–Kier alpha value is -3.48. The van der Waals surface area contributed by atoms with Crippen LogP contribution in [0, 0.1) is 0 Å². The number of nitrogens with zero attached hydrogens (tertiary/aromatic N) is 6. The third-order valence-electron chi connectivity index (χ3n) is 4.68. The van der Waals surface area contributed by atoms with Crippen LogP contribution >= 0.6 is 0 Å². The molecule has 2 aromatic heterocycles. The maximum atomic E-state index is 4.73. The minimum atomic E-state index is 0.152. The van der Waals surface area contributed by atoms with Crippen LogP contribution in [-0.4, -0.2) is 37.9 Å². The van der Waals surface area contributed by atoms with Gasteiger partial charge in [0.1, 0.15) is 0 Å². The lowest BCUT2D eigenvalue weighted by molar-refractivity contribution is 0.458. The first kappa shape index (κ1) is 14.8. The van der Waals surface area contributed by atoms with Gasteiger partial charge in [-0.05, 0) is 12.1 Å². The molecule has 4 heterocycles. The Balaban J connectivity index is 1.46. The number of hydrogen-bond acceptors (Lipinski definition) is 6. The van der Waals surface area contributed by atoms with Crippen molar-refractivity contribution >= 4 is 28.1 Å². The molecule has 7 nitrogen and oxygen atoms in total. The summed E-state index contributed by atoms with van der Waals surface area (Å²) in [6.45, 7) is 0.686. The number of aryl methyl sites for hydroxylation is 1. The zero-order valence-electron chi connectivity index (χ0n) is 14.2. The first-order valence-electron chi connectivity index (χ1n) is 8.45. The van der Waals surface area contributed by atoms with Crippen LogP contribution in [0.5, 0.6) is 0 Å². The molecule has 3 aromatic rings. The van der Waals surface area contributed by atoms with E-state index in [1.807, 2.05) is 67.0 Å². The maximum absolute atomic E-state index is 4.73. The van der Waals surface area contributed by atoms with Crippen molar-refractivity contribution in [3.8, 4) is 0 Å². The fourth-order valence-corrected chi connectivity index (χ4v) is 3.42. The molecule has 128 valence electrons. The predicted molar refractivity (Wildman–Crippen MR) is 102 cm³/mol. The normalized spacial score (nSPS) is 18.7. The van der Waals surface area contributed by atoms with Gasteiger partial charge >= 0.3 is 0 Å². The Kier molecular flexibility index (Phi) is 3.31. The van der Waals surface area contributed by atoms with Gasteiger partial charge in [0, 0.05) is 60.1 Å². The molecule has 1 atom stereocenters. The number of rotatable bonds is 2. The first-order chi connectivity index (χ1) is 12.8. The number of amidine groups is 2. The van der Waals surface area contributed by atoms with E-state index < -0.39 is 0 Å². The lowest BCUT2D eigenvalue weighted by Crippen LogP contribution is -2.37. The summed E-state index contributed by atoms with van der Waals surface area (Å²) >= 11 is 0. The van der Waals surface area contributed by atoms with Crippen molar-refractivity contribution in [2.75, 3.05) is 11.9 Å². The van der Waals surface area contributed by atoms with Crippen LogP contribution in [0.4, 0.5) is 5.69 Å². The van der Waals surface area contributed by atoms with Gasteiger partial charge in [-0.1, -0.05) is 12.1 Å². The van der Waals surface area contributed by atoms with E-state index >= 15 is 0 Å². The molecular weight excluding hydrogens is 326 g/mol. The van der Waals surface area contributed by atoms with Crippen molar-refractivity contribution in [2.45, 2.75) is 6.04 Å². The number of aromatic nitrogens is 3. The molecule has 5 rings (SSSR count). The Morgan fingerprint density at radius 2 is 2.15 bits per heavy atom. The lowest BCUT2D eigenvalue weighted by atomic mass is 10.1. The molecule has 0 aliphatic carbocycles. The van der Waals surface area contributed by atoms with Crippen LogP contribution in [0.2, 0.25) is 0 Å². The van der Waals surface area contributed by atoms with Crippen LogP contribution < -0.4 is 5.32 Å². The molecule has 0 fully saturated rings. The summed E-state index contributed by atoms with van der Waals surface area (Å²) < 4.78 is 1.82. The topological polar surface area (TPSA) is 70.7 Å². The summed E-state index contributed by atoms with van der Waals surface area (Å²) in [6, 6.07) is 8.26. The van der Waals surface area contributed by atoms with Gasteiger partial charge in [0.15, 0.2) is 11.7 Å². The summed E-state index contributed by atoms with van der Waals surface area (Å²) in [4.78, 5) is 15.6. The smallest absolute Gasteiger partial charge is 0.173 e. The van der Waals surface area contributed by atoms with Crippen molar-refractivity contribution in [1.82, 2.24) is 19.7 Å². The van der Waals surface area contributed by atoms with Crippen LogP contribution in [0.1, 0.15) is 11.6 Å². The second-order valence-corrected chi connectivity index (χ2v) is 6.34. The largest absolute Gasteiger partial charge is 0.337 e. The first-order valence-corrected chi connectivity index (χ1v) is 8.45. The summed E-state index contributed by atoms with van der Waals surface area (Å²) in [6.07, 6.45) is 11.4. The third-order valence-corrected chi connectivity index (χ3v) is 4.68. The van der Waals surface area contributed by atoms with Gasteiger partial charge in [-0.3, -0.25) is 14.7 Å². The highest BCUT2D eigenvalue weighted by Crippen LogP contribution is 2.30. The number of benzene rings is 1. The molecule has 1 unspecified atom stereocenters. The summed E-state index contributed by atoms with van der Waals surface area (Å²) in [5.41, 5.74) is 2.14. The molecule has 7 heteroatoms. The summed E-state index contributed by atoms with van der Waals surface area (Å²) in [7, 11) is 1.93. The van der Waals surface area contributed by atoms with Crippen LogP contribution in [-0.2, 0) is 7.05 Å². The van der Waals surface area contributed by atoms with Crippen molar-refractivity contribution in [2.24, 2.45) is 17.0 Å². The van der Waals surface area contributed by atoms with Gasteiger partial charge in [-0.25, -0.2) is 4.99 Å². The molecule has 1 aromatic carbocycles. The number of pyridine rings is 1. The van der Waals surface area contributed by atoms with E-state index in [0.717, 1.165) is 33.7 Å². The molecule has 0 spiro atoms. The zero-order valence-corrected chi connectivity index (χ0v) is 14.2. The van der Waals surface area contributed by atoms with Gasteiger partial charge < -0.3 is 10.2 Å². The molecule has 0 saturated carbocycles. The molecule has 26 heavy (non-hydrogen) atoms. The Morgan fingerprint density at radius 3 is 3.04 bits per heavy atom. The molecular formula is C19H17N7. The number of hydrogen-bond donors (Lipinski definition) is 1. The Morgan fingerprint density at radius 1 is 1.19 bits per heavy atom. The number of fused-ring (bicyclic) bond motifs is 2. The number of nitrogens with one attached hydrogen (secondary N) is 1. The fraction of sp³-hybridized carbons (Fsp3) is 0.158. The Bertz CT molecular complexity index is 1070. The lowest BCUT2D eigenvalue weighted by Gasteiger charge is -2.26. The maximum Gasteiger partial charge on any atom is 0.173 e. The fourth-order valence-electron chi connectivity index (χ4n) is 3.42. The number of anilines is 1. The van der Waals surface area contributed by atoms with Gasteiger partial charge in [0.25, 0.3) is 0 Å². The third kappa shape index (κ3) is 2.36. The molecule has 2 aliphatic heterocycles. The monoisotopic (exact) mass is 343 g/mol. The SMILES string of the molecule is Cn1cc(C2CN=C3C(Nc4cccc5cnccc45)=NC=CN32)cn1. The second kappa shape index (κ2) is 5.80. The van der Waals surface area contributed by atoms with Crippen molar-refractivity contribution in [3.05, 3.63) is 67.0 Å². The molecule has 1 N–H and O–H groups in total. The van der Waals surface area contributed by atoms with Crippen LogP contribution in [0.15, 0.2) is 71.4 Å². The molecule has 0 radical (unpaired) electrons. The summed E-state index contributed by atoms with van der Waals surface area (Å²) in [5, 5.41) is 9.92. The standard InChI is InChI=1S/C19H17N7/c1-25-12-14(10-23-25)17-11-22-19-18(21-7-8-26(17)19)24-16-4-2-3-13-9-20-6-5-15(13)16/h2-10,12,17H,11H2,1H3,(H,21,24). The van der Waals surface area contributed by atoms with Gasteiger partial charge in [-0.2, -0.15) is 5.10 Å². The zero-order chi connectivity index (χ0) is 17.5. The van der Waals surface area contributed by atoms with Gasteiger partial charge in [0.05, 0.1) is 18.8 Å². The van der Waals surface area contributed by atoms with Crippen molar-refractivity contribution in [1.29, 1.82) is 0 Å². The highest BCUT2D eigenvalue weighted by Gasteiger charge is 2.32. The minimum Gasteiger partial charge on any atom is -0.337 e. The van der Waals surface area contributed by atoms with E-state index in [-0.39, 0.29) is 6.04 Å². The molecule has 0 bridgehead atoms. The van der Waals surface area contributed by atoms with E-state index in [2.05, 4.69) is 25.3 Å². The summed E-state index contributed by atoms with van der Waals surface area (Å²) in [5.74, 6) is 1.61. The van der Waals surface area contributed by atoms with Crippen molar-refractivity contribution in [3.63, 3.8) is 0 Å². The minimum absolute atomic E-state index is 0.152. The molecule has 0 saturated heterocycles. The van der Waals surface area contributed by atoms with Gasteiger partial charge in [-0.15, -0.1) is 0 Å². The quantitative estimate of drug-likeness (QED) is 0.777. The van der Waals surface area contributed by atoms with E-state index in [0.29, 0.717) is 6.54 Å². The number of aliphatic imine (C=N–C) groups is 2. The average molecular weight is 343 g/mol.